The molecular formula is C13H16O. The lowest BCUT2D eigenvalue weighted by atomic mass is 9.87. The molecule has 0 spiro atoms. The first-order chi connectivity index (χ1) is 6.84. The van der Waals surface area contributed by atoms with Crippen molar-refractivity contribution in [3.63, 3.8) is 0 Å². The third-order valence-corrected chi connectivity index (χ3v) is 4.12. The first-order valence-corrected chi connectivity index (χ1v) is 5.52. The van der Waals surface area contributed by atoms with Gasteiger partial charge in [-0.05, 0) is 48.1 Å². The van der Waals surface area contributed by atoms with Crippen LogP contribution in [-0.2, 0) is 12.8 Å². The topological polar surface area (TPSA) is 20.2 Å². The normalized spacial score (nSPS) is 23.5. The number of aliphatic hydroxyl groups is 1. The Bertz CT molecular complexity index is 327. The van der Waals surface area contributed by atoms with Gasteiger partial charge in [0.1, 0.15) is 0 Å². The summed E-state index contributed by atoms with van der Waals surface area (Å²) in [6.07, 6.45) is 4.86. The minimum Gasteiger partial charge on any atom is -0.396 e. The third-order valence-electron chi connectivity index (χ3n) is 4.12. The van der Waals surface area contributed by atoms with Crippen molar-refractivity contribution in [2.45, 2.75) is 25.7 Å². The Labute approximate surface area is 84.8 Å². The van der Waals surface area contributed by atoms with Crippen molar-refractivity contribution in [3.05, 3.63) is 35.4 Å². The van der Waals surface area contributed by atoms with Crippen molar-refractivity contribution >= 4 is 0 Å². The molecule has 0 saturated heterocycles. The van der Waals surface area contributed by atoms with Crippen LogP contribution in [0.5, 0.6) is 0 Å². The Morgan fingerprint density at radius 2 is 1.71 bits per heavy atom. The molecule has 2 aliphatic rings. The number of benzene rings is 1. The van der Waals surface area contributed by atoms with Gasteiger partial charge in [-0.3, -0.25) is 0 Å². The quantitative estimate of drug-likeness (QED) is 0.754. The van der Waals surface area contributed by atoms with E-state index in [2.05, 4.69) is 24.3 Å². The molecule has 3 rings (SSSR count). The molecule has 0 unspecified atom stereocenters. The summed E-state index contributed by atoms with van der Waals surface area (Å²) in [6.45, 7) is 0.394. The molecular weight excluding hydrogens is 172 g/mol. The maximum Gasteiger partial charge on any atom is 0.0490 e. The first kappa shape index (κ1) is 8.49. The van der Waals surface area contributed by atoms with E-state index < -0.39 is 0 Å². The number of hydrogen-bond donors (Lipinski definition) is 1. The predicted molar refractivity (Wildman–Crippen MR) is 56.1 cm³/mol. The summed E-state index contributed by atoms with van der Waals surface area (Å²) in [6, 6.07) is 8.73. The molecule has 0 radical (unpaired) electrons. The van der Waals surface area contributed by atoms with Crippen molar-refractivity contribution in [1.29, 1.82) is 0 Å². The second-order valence-corrected chi connectivity index (χ2v) is 4.89. The minimum absolute atomic E-state index is 0.305. The summed E-state index contributed by atoms with van der Waals surface area (Å²) in [5.74, 6) is 0.713. The average Bonchev–Trinajstić information content (AvgIpc) is 2.91. The van der Waals surface area contributed by atoms with Gasteiger partial charge in [-0.1, -0.05) is 24.3 Å². The fourth-order valence-corrected chi connectivity index (χ4v) is 2.85. The van der Waals surface area contributed by atoms with Crippen LogP contribution in [-0.4, -0.2) is 11.7 Å². The summed E-state index contributed by atoms with van der Waals surface area (Å²) in [7, 11) is 0. The second-order valence-electron chi connectivity index (χ2n) is 4.89. The van der Waals surface area contributed by atoms with E-state index in [1.807, 2.05) is 0 Å². The molecule has 0 bridgehead atoms. The summed E-state index contributed by atoms with van der Waals surface area (Å²) in [4.78, 5) is 0. The van der Waals surface area contributed by atoms with Crippen LogP contribution >= 0.6 is 0 Å². The number of rotatable bonds is 2. The van der Waals surface area contributed by atoms with E-state index >= 15 is 0 Å². The molecule has 0 heterocycles. The summed E-state index contributed by atoms with van der Waals surface area (Å²) in [5.41, 5.74) is 3.33. The molecule has 0 aromatic heterocycles. The molecule has 1 fully saturated rings. The van der Waals surface area contributed by atoms with Gasteiger partial charge in [0.05, 0.1) is 0 Å². The molecule has 2 aliphatic carbocycles. The lowest BCUT2D eigenvalue weighted by Gasteiger charge is -2.19. The standard InChI is InChI=1S/C13H16O/c14-9-13(5-6-13)12-7-10-3-1-2-4-11(10)8-12/h1-4,12,14H,5-9H2. The Balaban J connectivity index is 1.85. The van der Waals surface area contributed by atoms with Crippen LogP contribution in [0.25, 0.3) is 0 Å². The van der Waals surface area contributed by atoms with E-state index in [0.717, 1.165) is 0 Å². The van der Waals surface area contributed by atoms with Crippen LogP contribution in [0.4, 0.5) is 0 Å². The van der Waals surface area contributed by atoms with Crippen LogP contribution in [0.15, 0.2) is 24.3 Å². The highest BCUT2D eigenvalue weighted by Gasteiger charge is 2.50. The van der Waals surface area contributed by atoms with Gasteiger partial charge in [-0.2, -0.15) is 0 Å². The fraction of sp³-hybridized carbons (Fsp3) is 0.538. The minimum atomic E-state index is 0.305. The SMILES string of the molecule is OCC1(C2Cc3ccccc3C2)CC1. The van der Waals surface area contributed by atoms with E-state index in [1.165, 1.54) is 36.8 Å². The molecule has 0 atom stereocenters. The van der Waals surface area contributed by atoms with Gasteiger partial charge < -0.3 is 5.11 Å². The Hall–Kier alpha value is -0.820. The third kappa shape index (κ3) is 1.12. The number of aliphatic hydroxyl groups excluding tert-OH is 1. The zero-order valence-corrected chi connectivity index (χ0v) is 8.37. The van der Waals surface area contributed by atoms with E-state index in [1.54, 1.807) is 0 Å². The second kappa shape index (κ2) is 2.83. The molecule has 1 N–H and O–H groups in total. The summed E-state index contributed by atoms with van der Waals surface area (Å²) < 4.78 is 0. The summed E-state index contributed by atoms with van der Waals surface area (Å²) in [5, 5.41) is 9.40. The van der Waals surface area contributed by atoms with E-state index in [-0.39, 0.29) is 0 Å². The molecule has 74 valence electrons. The molecule has 1 saturated carbocycles. The monoisotopic (exact) mass is 188 g/mol. The smallest absolute Gasteiger partial charge is 0.0490 e. The first-order valence-electron chi connectivity index (χ1n) is 5.52. The fourth-order valence-electron chi connectivity index (χ4n) is 2.85. The maximum atomic E-state index is 9.40. The zero-order valence-electron chi connectivity index (χ0n) is 8.37. The Morgan fingerprint density at radius 3 is 2.14 bits per heavy atom. The van der Waals surface area contributed by atoms with Gasteiger partial charge in [0.2, 0.25) is 0 Å². The van der Waals surface area contributed by atoms with Crippen LogP contribution in [0, 0.1) is 11.3 Å². The molecule has 1 nitrogen and oxygen atoms in total. The van der Waals surface area contributed by atoms with Crippen molar-refractivity contribution in [2.24, 2.45) is 11.3 Å². The van der Waals surface area contributed by atoms with Gasteiger partial charge >= 0.3 is 0 Å². The highest BCUT2D eigenvalue weighted by molar-refractivity contribution is 5.33. The molecule has 14 heavy (non-hydrogen) atoms. The Morgan fingerprint density at radius 1 is 1.14 bits per heavy atom. The van der Waals surface area contributed by atoms with Crippen molar-refractivity contribution in [3.8, 4) is 0 Å². The highest BCUT2D eigenvalue weighted by atomic mass is 16.3. The van der Waals surface area contributed by atoms with Crippen LogP contribution in [0.1, 0.15) is 24.0 Å². The summed E-state index contributed by atoms with van der Waals surface area (Å²) >= 11 is 0. The highest BCUT2D eigenvalue weighted by Crippen LogP contribution is 2.55. The van der Waals surface area contributed by atoms with Crippen molar-refractivity contribution in [1.82, 2.24) is 0 Å². The Kier molecular flexibility index (Phi) is 1.72. The van der Waals surface area contributed by atoms with Gasteiger partial charge in [-0.15, -0.1) is 0 Å². The molecule has 0 aliphatic heterocycles. The molecule has 1 aromatic rings. The van der Waals surface area contributed by atoms with Gasteiger partial charge in [0, 0.05) is 6.61 Å². The van der Waals surface area contributed by atoms with E-state index in [9.17, 15) is 5.11 Å². The molecule has 1 heteroatoms. The van der Waals surface area contributed by atoms with Gasteiger partial charge in [0.25, 0.3) is 0 Å². The maximum absolute atomic E-state index is 9.40. The zero-order chi connectivity index (χ0) is 9.60. The largest absolute Gasteiger partial charge is 0.396 e. The molecule has 0 amide bonds. The van der Waals surface area contributed by atoms with Crippen LogP contribution in [0.2, 0.25) is 0 Å². The predicted octanol–water partition coefficient (Wildman–Crippen LogP) is 2.17. The van der Waals surface area contributed by atoms with Crippen molar-refractivity contribution < 1.29 is 5.11 Å². The number of hydrogen-bond acceptors (Lipinski definition) is 1. The van der Waals surface area contributed by atoms with E-state index in [4.69, 9.17) is 0 Å². The molecule has 1 aromatic carbocycles. The van der Waals surface area contributed by atoms with Crippen LogP contribution in [0.3, 0.4) is 0 Å². The van der Waals surface area contributed by atoms with Gasteiger partial charge in [0.15, 0.2) is 0 Å². The van der Waals surface area contributed by atoms with Gasteiger partial charge in [-0.25, -0.2) is 0 Å². The van der Waals surface area contributed by atoms with Crippen LogP contribution < -0.4 is 0 Å². The lowest BCUT2D eigenvalue weighted by Crippen LogP contribution is -2.20. The van der Waals surface area contributed by atoms with Crippen molar-refractivity contribution in [2.75, 3.05) is 6.61 Å². The lowest BCUT2D eigenvalue weighted by molar-refractivity contribution is 0.159. The average molecular weight is 188 g/mol. The number of fused-ring (bicyclic) bond motifs is 1. The van der Waals surface area contributed by atoms with E-state index in [0.29, 0.717) is 17.9 Å².